The first kappa shape index (κ1) is 24.3. The summed E-state index contributed by atoms with van der Waals surface area (Å²) in [7, 11) is 0. The van der Waals surface area contributed by atoms with Crippen molar-refractivity contribution in [3.8, 4) is 5.75 Å². The number of nitrogens with zero attached hydrogens (tertiary/aromatic N) is 1. The van der Waals surface area contributed by atoms with Gasteiger partial charge in [0.25, 0.3) is 0 Å². The lowest BCUT2D eigenvalue weighted by molar-refractivity contribution is -0.147. The number of unbranched alkanes of at least 4 members (excludes halogenated alkanes) is 1. The quantitative estimate of drug-likeness (QED) is 0.259. The number of esters is 1. The number of thiocarbonyl (C=S) groups is 1. The van der Waals surface area contributed by atoms with Crippen molar-refractivity contribution in [2.24, 2.45) is 0 Å². The maximum absolute atomic E-state index is 12.3. The minimum Gasteiger partial charge on any atom is -0.494 e. The highest BCUT2D eigenvalue weighted by Crippen LogP contribution is 2.13. The Labute approximate surface area is 188 Å². The van der Waals surface area contributed by atoms with Crippen molar-refractivity contribution >= 4 is 41.2 Å². The molecule has 8 nitrogen and oxygen atoms in total. The normalized spacial score (nSPS) is 16.0. The monoisotopic (exact) mass is 447 g/mol. The predicted molar refractivity (Wildman–Crippen MR) is 121 cm³/mol. The summed E-state index contributed by atoms with van der Waals surface area (Å²) in [6.45, 7) is 5.57. The topological polar surface area (TPSA) is 97.0 Å². The second-order valence-corrected chi connectivity index (χ2v) is 7.29. The van der Waals surface area contributed by atoms with E-state index in [0.29, 0.717) is 26.3 Å². The number of hydrogen-bond acceptors (Lipinski definition) is 6. The number of nitrogens with one attached hydrogen (secondary N) is 2. The lowest BCUT2D eigenvalue weighted by Gasteiger charge is -2.36. The molecule has 1 heterocycles. The molecule has 2 N–H and O–H groups in total. The van der Waals surface area contributed by atoms with Crippen LogP contribution in [0.5, 0.6) is 5.75 Å². The van der Waals surface area contributed by atoms with Gasteiger partial charge in [0, 0.05) is 19.2 Å². The van der Waals surface area contributed by atoms with Gasteiger partial charge in [-0.3, -0.25) is 19.7 Å². The van der Waals surface area contributed by atoms with Gasteiger partial charge in [0.1, 0.15) is 11.8 Å². The number of benzene rings is 1. The van der Waals surface area contributed by atoms with Crippen molar-refractivity contribution in [2.75, 3.05) is 26.3 Å². The zero-order chi connectivity index (χ0) is 22.6. The van der Waals surface area contributed by atoms with Crippen LogP contribution < -0.4 is 15.4 Å². The van der Waals surface area contributed by atoms with Gasteiger partial charge in [-0.25, -0.2) is 0 Å². The van der Waals surface area contributed by atoms with Gasteiger partial charge in [0.05, 0.1) is 19.6 Å². The average molecular weight is 448 g/mol. The van der Waals surface area contributed by atoms with Crippen LogP contribution in [0.15, 0.2) is 30.3 Å². The highest BCUT2D eigenvalue weighted by Gasteiger charge is 2.34. The smallest absolute Gasteiger partial charge is 0.308 e. The molecular weight excluding hydrogens is 418 g/mol. The van der Waals surface area contributed by atoms with E-state index in [1.54, 1.807) is 11.0 Å². The van der Waals surface area contributed by atoms with E-state index >= 15 is 0 Å². The molecule has 1 fully saturated rings. The molecule has 2 rings (SSSR count). The van der Waals surface area contributed by atoms with E-state index in [1.807, 2.05) is 38.1 Å². The largest absolute Gasteiger partial charge is 0.494 e. The molecule has 2 amide bonds. The van der Waals surface area contributed by atoms with Crippen LogP contribution in [0.2, 0.25) is 0 Å². The number of piperazine rings is 1. The van der Waals surface area contributed by atoms with Crippen LogP contribution in [-0.4, -0.2) is 60.1 Å². The second kappa shape index (κ2) is 12.7. The number of hydrogen-bond donors (Lipinski definition) is 2. The van der Waals surface area contributed by atoms with Gasteiger partial charge in [-0.15, -0.1) is 0 Å². The highest BCUT2D eigenvalue weighted by molar-refractivity contribution is 7.80. The zero-order valence-corrected chi connectivity index (χ0v) is 18.7. The first-order chi connectivity index (χ1) is 14.9. The van der Waals surface area contributed by atoms with Crippen molar-refractivity contribution < 1.29 is 23.9 Å². The van der Waals surface area contributed by atoms with Gasteiger partial charge < -0.3 is 19.7 Å². The van der Waals surface area contributed by atoms with E-state index < -0.39 is 17.9 Å². The Morgan fingerprint density at radius 1 is 1.29 bits per heavy atom. The second-order valence-electron chi connectivity index (χ2n) is 6.91. The van der Waals surface area contributed by atoms with Crippen molar-refractivity contribution in [3.63, 3.8) is 0 Å². The highest BCUT2D eigenvalue weighted by atomic mass is 32.1. The Bertz CT molecular complexity index is 810. The summed E-state index contributed by atoms with van der Waals surface area (Å²) in [5.41, 5.74) is 0.828. The summed E-state index contributed by atoms with van der Waals surface area (Å²) >= 11 is 5.33. The molecule has 1 aromatic carbocycles. The van der Waals surface area contributed by atoms with E-state index in [0.717, 1.165) is 24.2 Å². The summed E-state index contributed by atoms with van der Waals surface area (Å²) in [5.74, 6) is -0.452. The molecule has 1 aliphatic rings. The van der Waals surface area contributed by atoms with Crippen LogP contribution in [0, 0.1) is 0 Å². The first-order valence-corrected chi connectivity index (χ1v) is 10.8. The molecule has 168 valence electrons. The van der Waals surface area contributed by atoms with E-state index in [4.69, 9.17) is 21.7 Å². The van der Waals surface area contributed by atoms with Crippen molar-refractivity contribution in [1.29, 1.82) is 0 Å². The Kier molecular flexibility index (Phi) is 9.96. The fourth-order valence-corrected chi connectivity index (χ4v) is 3.26. The molecular formula is C22H29N3O5S. The number of rotatable bonds is 9. The van der Waals surface area contributed by atoms with Gasteiger partial charge in [0.2, 0.25) is 11.8 Å². The molecule has 1 unspecified atom stereocenters. The minimum absolute atomic E-state index is 0.0996. The summed E-state index contributed by atoms with van der Waals surface area (Å²) in [6.07, 6.45) is 4.55. The molecule has 9 heteroatoms. The third-order valence-electron chi connectivity index (χ3n) is 4.56. The van der Waals surface area contributed by atoms with Gasteiger partial charge in [-0.1, -0.05) is 25.5 Å². The molecule has 0 aliphatic carbocycles. The predicted octanol–water partition coefficient (Wildman–Crippen LogP) is 2.03. The number of carbonyl (C=O) groups is 3. The number of ether oxygens (including phenoxy) is 2. The number of carbonyl (C=O) groups excluding carboxylic acids is 3. The van der Waals surface area contributed by atoms with E-state index in [9.17, 15) is 14.4 Å². The van der Waals surface area contributed by atoms with Crippen molar-refractivity contribution in [1.82, 2.24) is 15.5 Å². The molecule has 1 aliphatic heterocycles. The Morgan fingerprint density at radius 3 is 2.71 bits per heavy atom. The molecule has 31 heavy (non-hydrogen) atoms. The summed E-state index contributed by atoms with van der Waals surface area (Å²) in [6, 6.07) is 6.50. The molecule has 0 spiro atoms. The zero-order valence-electron chi connectivity index (χ0n) is 17.9. The standard InChI is InChI=1S/C22H29N3O5S/c1-3-5-14-30-20(27)15-18-21(28)23-12-13-25(18)22(31)24-19(26)11-8-16-6-9-17(10-7-16)29-4-2/h6-11,18H,3-5,12-15H2,1-2H3,(H,23,28)(H,24,26,31)/b11-8+. The molecule has 1 atom stereocenters. The lowest BCUT2D eigenvalue weighted by atomic mass is 10.1. The Balaban J connectivity index is 1.93. The van der Waals surface area contributed by atoms with Crippen LogP contribution in [0.4, 0.5) is 0 Å². The molecule has 0 radical (unpaired) electrons. The van der Waals surface area contributed by atoms with Crippen LogP contribution in [0.25, 0.3) is 6.08 Å². The lowest BCUT2D eigenvalue weighted by Crippen LogP contribution is -2.60. The fraction of sp³-hybridized carbons (Fsp3) is 0.455. The van der Waals surface area contributed by atoms with Gasteiger partial charge in [0.15, 0.2) is 5.11 Å². The maximum Gasteiger partial charge on any atom is 0.308 e. The molecule has 0 saturated carbocycles. The molecule has 0 bridgehead atoms. The molecule has 1 saturated heterocycles. The summed E-state index contributed by atoms with van der Waals surface area (Å²) in [4.78, 5) is 38.2. The van der Waals surface area contributed by atoms with Crippen LogP contribution >= 0.6 is 12.2 Å². The SMILES string of the molecule is CCCCOC(=O)CC1C(=O)NCCN1C(=S)NC(=O)/C=C/c1ccc(OCC)cc1. The van der Waals surface area contributed by atoms with Crippen LogP contribution in [0.1, 0.15) is 38.7 Å². The van der Waals surface area contributed by atoms with Crippen molar-refractivity contribution in [2.45, 2.75) is 39.2 Å². The Hall–Kier alpha value is -2.94. The van der Waals surface area contributed by atoms with Crippen LogP contribution in [0.3, 0.4) is 0 Å². The minimum atomic E-state index is -0.814. The fourth-order valence-electron chi connectivity index (χ4n) is 2.94. The van der Waals surface area contributed by atoms with Gasteiger partial charge in [-0.05, 0) is 49.3 Å². The molecule has 0 aromatic heterocycles. The average Bonchev–Trinajstić information content (AvgIpc) is 2.75. The third kappa shape index (κ3) is 8.01. The first-order valence-electron chi connectivity index (χ1n) is 10.4. The van der Waals surface area contributed by atoms with Gasteiger partial charge in [-0.2, -0.15) is 0 Å². The summed E-state index contributed by atoms with van der Waals surface area (Å²) in [5, 5.41) is 5.42. The van der Waals surface area contributed by atoms with Gasteiger partial charge >= 0.3 is 5.97 Å². The van der Waals surface area contributed by atoms with E-state index in [2.05, 4.69) is 10.6 Å². The van der Waals surface area contributed by atoms with E-state index in [1.165, 1.54) is 6.08 Å². The maximum atomic E-state index is 12.3. The van der Waals surface area contributed by atoms with E-state index in [-0.39, 0.29) is 17.4 Å². The Morgan fingerprint density at radius 2 is 2.03 bits per heavy atom. The molecule has 1 aromatic rings. The van der Waals surface area contributed by atoms with Crippen LogP contribution in [-0.2, 0) is 19.1 Å². The van der Waals surface area contributed by atoms with Crippen molar-refractivity contribution in [3.05, 3.63) is 35.9 Å². The number of amides is 2. The summed E-state index contributed by atoms with van der Waals surface area (Å²) < 4.78 is 10.5. The third-order valence-corrected chi connectivity index (χ3v) is 4.90.